The third-order valence-electron chi connectivity index (χ3n) is 1.30. The number of aromatic hydroxyl groups is 2. The van der Waals surface area contributed by atoms with Crippen molar-refractivity contribution in [2.45, 2.75) is 0 Å². The van der Waals surface area contributed by atoms with E-state index in [1.54, 1.807) is 0 Å². The van der Waals surface area contributed by atoms with Crippen LogP contribution in [0.25, 0.3) is 0 Å². The van der Waals surface area contributed by atoms with Crippen molar-refractivity contribution in [3.63, 3.8) is 0 Å². The van der Waals surface area contributed by atoms with E-state index in [0.717, 1.165) is 0 Å². The van der Waals surface area contributed by atoms with Gasteiger partial charge < -0.3 is 14.5 Å². The van der Waals surface area contributed by atoms with Crippen LogP contribution in [0.2, 0.25) is 0 Å². The normalized spacial score (nSPS) is 9.42. The number of benzene rings is 1. The van der Waals surface area contributed by atoms with Gasteiger partial charge in [0, 0.05) is 0 Å². The minimum absolute atomic E-state index is 0.176. The van der Waals surface area contributed by atoms with Crippen molar-refractivity contribution in [3.8, 4) is 11.5 Å². The fraction of sp³-hybridized carbons (Fsp3) is 0. The van der Waals surface area contributed by atoms with E-state index in [1.807, 2.05) is 0 Å². The van der Waals surface area contributed by atoms with Crippen LogP contribution < -0.4 is 0 Å². The number of rotatable bonds is 1. The van der Waals surface area contributed by atoms with Gasteiger partial charge in [0.2, 0.25) is 0 Å². The SMILES string of the molecule is O=C(OCl)c1cccc(O)c1O. The number of para-hydroxylation sites is 1. The summed E-state index contributed by atoms with van der Waals surface area (Å²) in [7, 11) is 0. The Morgan fingerprint density at radius 2 is 2.08 bits per heavy atom. The number of halogens is 1. The summed E-state index contributed by atoms with van der Waals surface area (Å²) in [6, 6.07) is 3.90. The second kappa shape index (κ2) is 3.32. The summed E-state index contributed by atoms with van der Waals surface area (Å²) in [5.74, 6) is -1.84. The van der Waals surface area contributed by atoms with Crippen molar-refractivity contribution in [2.75, 3.05) is 0 Å². The first-order chi connectivity index (χ1) is 5.66. The van der Waals surface area contributed by atoms with Crippen LogP contribution >= 0.6 is 11.9 Å². The molecule has 0 spiro atoms. The van der Waals surface area contributed by atoms with Crippen molar-refractivity contribution >= 4 is 17.8 Å². The lowest BCUT2D eigenvalue weighted by atomic mass is 10.2. The first-order valence-electron chi connectivity index (χ1n) is 3.00. The molecule has 0 saturated heterocycles. The lowest BCUT2D eigenvalue weighted by molar-refractivity contribution is 0.0747. The summed E-state index contributed by atoms with van der Waals surface area (Å²) in [6.45, 7) is 0. The third-order valence-corrected chi connectivity index (χ3v) is 1.44. The van der Waals surface area contributed by atoms with Gasteiger partial charge in [0.15, 0.2) is 11.5 Å². The van der Waals surface area contributed by atoms with Crippen LogP contribution in [-0.4, -0.2) is 16.2 Å². The minimum atomic E-state index is -0.912. The Morgan fingerprint density at radius 1 is 1.42 bits per heavy atom. The predicted molar refractivity (Wildman–Crippen MR) is 41.0 cm³/mol. The van der Waals surface area contributed by atoms with Crippen LogP contribution in [0.3, 0.4) is 0 Å². The minimum Gasteiger partial charge on any atom is -0.504 e. The van der Waals surface area contributed by atoms with Gasteiger partial charge in [-0.25, -0.2) is 4.79 Å². The number of phenols is 2. The fourth-order valence-corrected chi connectivity index (χ4v) is 0.821. The van der Waals surface area contributed by atoms with Crippen molar-refractivity contribution in [1.82, 2.24) is 0 Å². The van der Waals surface area contributed by atoms with Gasteiger partial charge in [-0.3, -0.25) is 0 Å². The van der Waals surface area contributed by atoms with Gasteiger partial charge in [-0.05, 0) is 12.1 Å². The van der Waals surface area contributed by atoms with Crippen LogP contribution in [0.15, 0.2) is 18.2 Å². The van der Waals surface area contributed by atoms with Crippen LogP contribution in [-0.2, 0) is 4.29 Å². The second-order valence-corrected chi connectivity index (χ2v) is 2.19. The molecule has 4 nitrogen and oxygen atoms in total. The molecule has 0 fully saturated rings. The van der Waals surface area contributed by atoms with Gasteiger partial charge in [0.1, 0.15) is 17.4 Å². The standard InChI is InChI=1S/C7H5ClO4/c8-12-7(11)4-2-1-3-5(9)6(4)10/h1-3,9-10H. The van der Waals surface area contributed by atoms with Crippen molar-refractivity contribution in [3.05, 3.63) is 23.8 Å². The Balaban J connectivity index is 3.16. The van der Waals surface area contributed by atoms with Crippen molar-refractivity contribution in [1.29, 1.82) is 0 Å². The van der Waals surface area contributed by atoms with Gasteiger partial charge in [0.05, 0.1) is 0 Å². The predicted octanol–water partition coefficient (Wildman–Crippen LogP) is 1.41. The molecule has 12 heavy (non-hydrogen) atoms. The smallest absolute Gasteiger partial charge is 0.360 e. The number of hydrogen-bond donors (Lipinski definition) is 2. The number of carbonyl (C=O) groups is 1. The molecule has 0 aliphatic rings. The second-order valence-electron chi connectivity index (χ2n) is 2.04. The zero-order chi connectivity index (χ0) is 9.14. The molecule has 1 rings (SSSR count). The lowest BCUT2D eigenvalue weighted by Crippen LogP contribution is -1.97. The van der Waals surface area contributed by atoms with E-state index in [4.69, 9.17) is 22.1 Å². The molecule has 5 heteroatoms. The third kappa shape index (κ3) is 1.43. The summed E-state index contributed by atoms with van der Waals surface area (Å²) in [4.78, 5) is 10.8. The number of carbonyl (C=O) groups excluding carboxylic acids is 1. The molecule has 0 saturated carbocycles. The highest BCUT2D eigenvalue weighted by molar-refractivity contribution is 6.16. The van der Waals surface area contributed by atoms with Crippen LogP contribution in [0.4, 0.5) is 0 Å². The zero-order valence-corrected chi connectivity index (χ0v) is 6.58. The van der Waals surface area contributed by atoms with E-state index < -0.39 is 17.5 Å². The summed E-state index contributed by atoms with van der Waals surface area (Å²) in [6.07, 6.45) is 0. The monoisotopic (exact) mass is 188 g/mol. The molecule has 64 valence electrons. The van der Waals surface area contributed by atoms with Crippen molar-refractivity contribution in [2.24, 2.45) is 0 Å². The van der Waals surface area contributed by atoms with Crippen LogP contribution in [0.5, 0.6) is 11.5 Å². The van der Waals surface area contributed by atoms with Gasteiger partial charge >= 0.3 is 5.97 Å². The van der Waals surface area contributed by atoms with E-state index >= 15 is 0 Å². The fourth-order valence-electron chi connectivity index (χ4n) is 0.738. The Labute approximate surface area is 73.1 Å². The summed E-state index contributed by atoms with van der Waals surface area (Å²) in [5, 5.41) is 18.0. The van der Waals surface area contributed by atoms with E-state index in [-0.39, 0.29) is 5.56 Å². The van der Waals surface area contributed by atoms with Crippen LogP contribution in [0.1, 0.15) is 10.4 Å². The highest BCUT2D eigenvalue weighted by Crippen LogP contribution is 2.28. The van der Waals surface area contributed by atoms with E-state index in [0.29, 0.717) is 0 Å². The molecule has 0 atom stereocenters. The molecule has 0 bridgehead atoms. The molecule has 0 aromatic heterocycles. The van der Waals surface area contributed by atoms with Gasteiger partial charge in [-0.1, -0.05) is 6.07 Å². The highest BCUT2D eigenvalue weighted by atomic mass is 35.5. The highest BCUT2D eigenvalue weighted by Gasteiger charge is 2.14. The van der Waals surface area contributed by atoms with E-state index in [9.17, 15) is 4.79 Å². The molecule has 0 heterocycles. The molecule has 0 unspecified atom stereocenters. The maximum atomic E-state index is 10.8. The van der Waals surface area contributed by atoms with Crippen molar-refractivity contribution < 1.29 is 19.3 Å². The number of phenolic OH excluding ortho intramolecular Hbond substituents is 2. The molecular formula is C7H5ClO4. The van der Waals surface area contributed by atoms with Gasteiger partial charge in [-0.2, -0.15) is 0 Å². The Bertz CT molecular complexity index is 310. The number of hydrogen-bond acceptors (Lipinski definition) is 4. The zero-order valence-electron chi connectivity index (χ0n) is 5.82. The molecule has 0 aliphatic carbocycles. The Kier molecular flexibility index (Phi) is 2.40. The molecule has 1 aromatic rings. The van der Waals surface area contributed by atoms with Crippen LogP contribution in [0, 0.1) is 0 Å². The first kappa shape index (κ1) is 8.67. The quantitative estimate of drug-likeness (QED) is 0.654. The molecule has 0 radical (unpaired) electrons. The summed E-state index contributed by atoms with van der Waals surface area (Å²) < 4.78 is 3.83. The molecule has 0 amide bonds. The average Bonchev–Trinajstić information content (AvgIpc) is 2.08. The van der Waals surface area contributed by atoms with Gasteiger partial charge in [0.25, 0.3) is 0 Å². The molecule has 0 aliphatic heterocycles. The molecule has 1 aromatic carbocycles. The van der Waals surface area contributed by atoms with E-state index in [1.165, 1.54) is 18.2 Å². The van der Waals surface area contributed by atoms with E-state index in [2.05, 4.69) is 4.29 Å². The summed E-state index contributed by atoms with van der Waals surface area (Å²) in [5.41, 5.74) is -0.176. The Morgan fingerprint density at radius 3 is 2.67 bits per heavy atom. The Hall–Kier alpha value is -1.42. The molecule has 2 N–H and O–H groups in total. The largest absolute Gasteiger partial charge is 0.504 e. The van der Waals surface area contributed by atoms with Gasteiger partial charge in [-0.15, -0.1) is 0 Å². The lowest BCUT2D eigenvalue weighted by Gasteiger charge is -2.01. The topological polar surface area (TPSA) is 66.8 Å². The maximum Gasteiger partial charge on any atom is 0.360 e. The molecular weight excluding hydrogens is 184 g/mol. The average molecular weight is 189 g/mol. The first-order valence-corrected chi connectivity index (χ1v) is 3.31. The summed E-state index contributed by atoms with van der Waals surface area (Å²) >= 11 is 4.77. The maximum absolute atomic E-state index is 10.8.